The van der Waals surface area contributed by atoms with E-state index in [1.54, 1.807) is 24.0 Å². The van der Waals surface area contributed by atoms with Crippen LogP contribution in [-0.4, -0.2) is 73.4 Å². The Morgan fingerprint density at radius 3 is 2.56 bits per heavy atom. The van der Waals surface area contributed by atoms with Gasteiger partial charge in [-0.1, -0.05) is 25.0 Å². The van der Waals surface area contributed by atoms with E-state index in [0.29, 0.717) is 55.0 Å². The van der Waals surface area contributed by atoms with Crippen LogP contribution in [0.25, 0.3) is 22.7 Å². The lowest BCUT2D eigenvalue weighted by Gasteiger charge is -2.26. The van der Waals surface area contributed by atoms with Crippen LogP contribution in [0, 0.1) is 13.8 Å². The average molecular weight is 509 g/mol. The maximum Gasteiger partial charge on any atom is 0.243 e. The first-order valence-corrected chi connectivity index (χ1v) is 13.7. The fourth-order valence-corrected chi connectivity index (χ4v) is 6.82. The summed E-state index contributed by atoms with van der Waals surface area (Å²) in [6.45, 7) is 5.22. The largest absolute Gasteiger partial charge is 0.379 e. The summed E-state index contributed by atoms with van der Waals surface area (Å²) in [7, 11) is -3.69. The second-order valence-electron chi connectivity index (χ2n) is 9.39. The number of aryl methyl sites for hydroxylation is 2. The van der Waals surface area contributed by atoms with Crippen LogP contribution in [-0.2, 0) is 14.8 Å². The second-order valence-corrected chi connectivity index (χ2v) is 11.3. The van der Waals surface area contributed by atoms with E-state index < -0.39 is 10.0 Å². The molecule has 3 aromatic heterocycles. The van der Waals surface area contributed by atoms with Gasteiger partial charge in [0.15, 0.2) is 11.6 Å². The summed E-state index contributed by atoms with van der Waals surface area (Å²) in [5.41, 5.74) is 2.89. The molecule has 36 heavy (non-hydrogen) atoms. The maximum atomic E-state index is 13.5. The van der Waals surface area contributed by atoms with Gasteiger partial charge in [0.2, 0.25) is 10.0 Å². The number of rotatable bonds is 5. The van der Waals surface area contributed by atoms with Gasteiger partial charge in [0.1, 0.15) is 24.0 Å². The minimum Gasteiger partial charge on any atom is -0.379 e. The predicted molar refractivity (Wildman–Crippen MR) is 131 cm³/mol. The van der Waals surface area contributed by atoms with E-state index in [1.165, 1.54) is 23.5 Å². The van der Waals surface area contributed by atoms with E-state index in [4.69, 9.17) is 19.8 Å². The molecular weight excluding hydrogens is 480 g/mol. The summed E-state index contributed by atoms with van der Waals surface area (Å²) >= 11 is 0. The molecule has 12 heteroatoms. The molecular formula is C24H28N8O3S. The molecule has 2 fully saturated rings. The lowest BCUT2D eigenvalue weighted by Crippen LogP contribution is -2.40. The van der Waals surface area contributed by atoms with E-state index in [-0.39, 0.29) is 4.90 Å². The summed E-state index contributed by atoms with van der Waals surface area (Å²) in [6.07, 6.45) is 7.55. The molecule has 2 aliphatic rings. The fraction of sp³-hybridized carbons (Fsp3) is 0.458. The lowest BCUT2D eigenvalue weighted by atomic mass is 10.1. The van der Waals surface area contributed by atoms with Gasteiger partial charge in [0, 0.05) is 24.6 Å². The number of ether oxygens (including phenoxy) is 1. The van der Waals surface area contributed by atoms with Gasteiger partial charge in [-0.15, -0.1) is 5.10 Å². The molecule has 4 aromatic rings. The van der Waals surface area contributed by atoms with Crippen molar-refractivity contribution in [3.8, 4) is 17.2 Å². The summed E-state index contributed by atoms with van der Waals surface area (Å²) in [5.74, 6) is 2.21. The van der Waals surface area contributed by atoms with Gasteiger partial charge < -0.3 is 4.74 Å². The zero-order valence-corrected chi connectivity index (χ0v) is 21.1. The SMILES string of the molecule is Cc1ccc(-c2nc(-n3cncn3)c3c(C)nc(C4CCCC4)n3n2)cc1S(=O)(=O)N1CCOCC1. The van der Waals surface area contributed by atoms with Crippen molar-refractivity contribution < 1.29 is 13.2 Å². The van der Waals surface area contributed by atoms with Crippen LogP contribution < -0.4 is 0 Å². The maximum absolute atomic E-state index is 13.5. The van der Waals surface area contributed by atoms with Crippen molar-refractivity contribution >= 4 is 15.5 Å². The molecule has 0 atom stereocenters. The molecule has 0 amide bonds. The zero-order chi connectivity index (χ0) is 24.9. The van der Waals surface area contributed by atoms with Gasteiger partial charge in [0.25, 0.3) is 0 Å². The minimum atomic E-state index is -3.69. The minimum absolute atomic E-state index is 0.255. The number of nitrogens with zero attached hydrogens (tertiary/aromatic N) is 8. The molecule has 6 rings (SSSR count). The van der Waals surface area contributed by atoms with E-state index in [0.717, 1.165) is 29.9 Å². The Labute approximate surface area is 209 Å². The van der Waals surface area contributed by atoms with Crippen molar-refractivity contribution in [2.24, 2.45) is 0 Å². The van der Waals surface area contributed by atoms with Crippen molar-refractivity contribution in [3.05, 3.63) is 47.9 Å². The number of morpholine rings is 1. The Bertz CT molecular complexity index is 1520. The van der Waals surface area contributed by atoms with Crippen LogP contribution in [0.4, 0.5) is 0 Å². The molecule has 4 heterocycles. The van der Waals surface area contributed by atoms with Crippen molar-refractivity contribution in [2.75, 3.05) is 26.3 Å². The molecule has 1 aliphatic heterocycles. The van der Waals surface area contributed by atoms with Gasteiger partial charge >= 0.3 is 0 Å². The monoisotopic (exact) mass is 508 g/mol. The quantitative estimate of drug-likeness (QED) is 0.403. The van der Waals surface area contributed by atoms with Crippen LogP contribution in [0.15, 0.2) is 35.7 Å². The van der Waals surface area contributed by atoms with Crippen molar-refractivity contribution in [3.63, 3.8) is 0 Å². The van der Waals surface area contributed by atoms with Gasteiger partial charge in [-0.05, 0) is 38.3 Å². The Morgan fingerprint density at radius 1 is 1.06 bits per heavy atom. The van der Waals surface area contributed by atoms with Gasteiger partial charge in [-0.3, -0.25) is 0 Å². The molecule has 1 saturated carbocycles. The van der Waals surface area contributed by atoms with E-state index >= 15 is 0 Å². The fourth-order valence-electron chi connectivity index (χ4n) is 5.16. The molecule has 188 valence electrons. The first kappa shape index (κ1) is 23.2. The summed E-state index contributed by atoms with van der Waals surface area (Å²) in [4.78, 5) is 14.1. The first-order chi connectivity index (χ1) is 17.4. The summed E-state index contributed by atoms with van der Waals surface area (Å²) < 4.78 is 37.3. The molecule has 0 spiro atoms. The third kappa shape index (κ3) is 3.89. The molecule has 1 aromatic carbocycles. The zero-order valence-electron chi connectivity index (χ0n) is 20.3. The molecule has 0 radical (unpaired) electrons. The van der Waals surface area contributed by atoms with Crippen LogP contribution >= 0.6 is 0 Å². The van der Waals surface area contributed by atoms with E-state index in [1.807, 2.05) is 23.6 Å². The smallest absolute Gasteiger partial charge is 0.243 e. The van der Waals surface area contributed by atoms with E-state index in [2.05, 4.69) is 10.1 Å². The Morgan fingerprint density at radius 2 is 1.83 bits per heavy atom. The van der Waals surface area contributed by atoms with Crippen LogP contribution in [0.1, 0.15) is 48.7 Å². The van der Waals surface area contributed by atoms with Crippen LogP contribution in [0.2, 0.25) is 0 Å². The van der Waals surface area contributed by atoms with Crippen molar-refractivity contribution in [1.29, 1.82) is 0 Å². The highest BCUT2D eigenvalue weighted by Crippen LogP contribution is 2.35. The van der Waals surface area contributed by atoms with E-state index in [9.17, 15) is 8.42 Å². The molecule has 1 saturated heterocycles. The number of benzene rings is 1. The molecule has 1 aliphatic carbocycles. The van der Waals surface area contributed by atoms with Crippen LogP contribution in [0.5, 0.6) is 0 Å². The van der Waals surface area contributed by atoms with Crippen LogP contribution in [0.3, 0.4) is 0 Å². The standard InChI is InChI=1S/C24H28N8O3S/c1-16-7-8-19(13-20(16)36(33,34)30-9-11-35-12-10-30)22-28-24(31-15-25-14-26-31)21-17(2)27-23(32(21)29-22)18-5-3-4-6-18/h7-8,13-15,18H,3-6,9-12H2,1-2H3. The number of sulfonamides is 1. The number of hydrogen-bond donors (Lipinski definition) is 0. The van der Waals surface area contributed by atoms with Gasteiger partial charge in [-0.2, -0.15) is 9.40 Å². The lowest BCUT2D eigenvalue weighted by molar-refractivity contribution is 0.0730. The molecule has 0 N–H and O–H groups in total. The topological polar surface area (TPSA) is 120 Å². The van der Waals surface area contributed by atoms with Gasteiger partial charge in [-0.25, -0.2) is 32.6 Å². The van der Waals surface area contributed by atoms with Crippen molar-refractivity contribution in [2.45, 2.75) is 50.3 Å². The summed E-state index contributed by atoms with van der Waals surface area (Å²) in [6, 6.07) is 5.34. The number of aromatic nitrogens is 7. The van der Waals surface area contributed by atoms with Gasteiger partial charge in [0.05, 0.1) is 23.8 Å². The first-order valence-electron chi connectivity index (χ1n) is 12.2. The predicted octanol–water partition coefficient (Wildman–Crippen LogP) is 2.67. The molecule has 11 nitrogen and oxygen atoms in total. The Balaban J connectivity index is 1.53. The Kier molecular flexibility index (Phi) is 5.81. The summed E-state index contributed by atoms with van der Waals surface area (Å²) in [5, 5.41) is 9.21. The second kappa shape index (κ2) is 9.02. The number of imidazole rings is 1. The van der Waals surface area contributed by atoms with Crippen molar-refractivity contribution in [1.82, 2.24) is 38.7 Å². The number of hydrogen-bond acceptors (Lipinski definition) is 8. The third-order valence-corrected chi connectivity index (χ3v) is 9.10. The highest BCUT2D eigenvalue weighted by atomic mass is 32.2. The molecule has 0 unspecified atom stereocenters. The Hall–Kier alpha value is -3.22. The highest BCUT2D eigenvalue weighted by molar-refractivity contribution is 7.89. The normalized spacial score (nSPS) is 17.8. The average Bonchev–Trinajstić information content (AvgIpc) is 3.66. The highest BCUT2D eigenvalue weighted by Gasteiger charge is 2.29. The number of fused-ring (bicyclic) bond motifs is 1. The third-order valence-electron chi connectivity index (χ3n) is 7.06. The molecule has 0 bridgehead atoms.